The van der Waals surface area contributed by atoms with E-state index in [1.54, 1.807) is 8.61 Å². The fourth-order valence-electron chi connectivity index (χ4n) is 3.25. The Morgan fingerprint density at radius 3 is 2.11 bits per heavy atom. The molecule has 3 fully saturated rings. The Kier molecular flexibility index (Phi) is 3.83. The number of ether oxygens (including phenoxy) is 1. The lowest BCUT2D eigenvalue weighted by molar-refractivity contribution is -0.0135. The van der Waals surface area contributed by atoms with E-state index in [9.17, 15) is 8.42 Å². The minimum absolute atomic E-state index is 0.0866. The molecular weight excluding hydrogens is 268 g/mol. The average Bonchev–Trinajstić information content (AvgIpc) is 2.77. The van der Waals surface area contributed by atoms with Crippen molar-refractivity contribution < 1.29 is 18.3 Å². The number of hydrogen-bond donors (Lipinski definition) is 1. The summed E-state index contributed by atoms with van der Waals surface area (Å²) in [5.41, 5.74) is 0. The fourth-order valence-corrected chi connectivity index (χ4v) is 4.96. The van der Waals surface area contributed by atoms with Crippen LogP contribution < -0.4 is 0 Å². The van der Waals surface area contributed by atoms with Crippen molar-refractivity contribution in [2.45, 2.75) is 37.9 Å². The molecule has 19 heavy (non-hydrogen) atoms. The third kappa shape index (κ3) is 2.67. The van der Waals surface area contributed by atoms with Gasteiger partial charge in [-0.3, -0.25) is 0 Å². The van der Waals surface area contributed by atoms with Gasteiger partial charge in [-0.15, -0.1) is 0 Å². The highest BCUT2D eigenvalue weighted by Crippen LogP contribution is 2.29. The van der Waals surface area contributed by atoms with Crippen LogP contribution in [0.5, 0.6) is 0 Å². The lowest BCUT2D eigenvalue weighted by Gasteiger charge is -2.37. The zero-order valence-corrected chi connectivity index (χ0v) is 11.9. The van der Waals surface area contributed by atoms with Crippen LogP contribution in [0.3, 0.4) is 0 Å². The lowest BCUT2D eigenvalue weighted by Crippen LogP contribution is -2.53. The predicted molar refractivity (Wildman–Crippen MR) is 69.8 cm³/mol. The third-order valence-electron chi connectivity index (χ3n) is 4.49. The molecule has 3 saturated heterocycles. The molecule has 0 aromatic carbocycles. The van der Waals surface area contributed by atoms with E-state index in [4.69, 9.17) is 9.84 Å². The van der Waals surface area contributed by atoms with Crippen LogP contribution in [-0.2, 0) is 14.9 Å². The monoisotopic (exact) mass is 290 g/mol. The van der Waals surface area contributed by atoms with Crippen LogP contribution in [0.4, 0.5) is 0 Å². The van der Waals surface area contributed by atoms with Crippen LogP contribution in [-0.4, -0.2) is 67.1 Å². The van der Waals surface area contributed by atoms with Gasteiger partial charge in [-0.25, -0.2) is 0 Å². The molecule has 6 nitrogen and oxygen atoms in total. The number of morpholine rings is 1. The number of fused-ring (bicyclic) bond motifs is 2. The van der Waals surface area contributed by atoms with Crippen LogP contribution in [0.2, 0.25) is 0 Å². The van der Waals surface area contributed by atoms with Crippen LogP contribution in [0, 0.1) is 5.92 Å². The second-order valence-corrected chi connectivity index (χ2v) is 7.74. The van der Waals surface area contributed by atoms with Gasteiger partial charge in [0.25, 0.3) is 10.2 Å². The Balaban J connectivity index is 1.66. The first-order valence-corrected chi connectivity index (χ1v) is 8.51. The minimum atomic E-state index is -3.34. The van der Waals surface area contributed by atoms with Crippen molar-refractivity contribution in [2.24, 2.45) is 5.92 Å². The summed E-state index contributed by atoms with van der Waals surface area (Å²) >= 11 is 0. The van der Waals surface area contributed by atoms with Crippen LogP contribution in [0.25, 0.3) is 0 Å². The Morgan fingerprint density at radius 1 is 1.00 bits per heavy atom. The van der Waals surface area contributed by atoms with Gasteiger partial charge in [0, 0.05) is 32.8 Å². The summed E-state index contributed by atoms with van der Waals surface area (Å²) in [7, 11) is -3.34. The van der Waals surface area contributed by atoms with Gasteiger partial charge in [0.05, 0.1) is 12.2 Å². The molecule has 3 heterocycles. The number of aliphatic hydroxyl groups excluding tert-OH is 1. The van der Waals surface area contributed by atoms with E-state index in [2.05, 4.69) is 0 Å². The second kappa shape index (κ2) is 5.29. The van der Waals surface area contributed by atoms with Crippen molar-refractivity contribution >= 4 is 10.2 Å². The average molecular weight is 290 g/mol. The van der Waals surface area contributed by atoms with E-state index in [0.29, 0.717) is 26.2 Å². The smallest absolute Gasteiger partial charge is 0.282 e. The van der Waals surface area contributed by atoms with Gasteiger partial charge in [0.15, 0.2) is 0 Å². The molecule has 3 aliphatic heterocycles. The standard InChI is InChI=1S/C12H22N2O4S/c15-9-10-3-5-13(6-4-10)19(16,17)14-7-11-1-2-12(8-14)18-11/h10-12,15H,1-9H2. The zero-order valence-electron chi connectivity index (χ0n) is 11.1. The molecule has 2 unspecified atom stereocenters. The summed E-state index contributed by atoms with van der Waals surface area (Å²) in [4.78, 5) is 0. The second-order valence-electron chi connectivity index (χ2n) is 5.81. The highest BCUT2D eigenvalue weighted by Gasteiger charge is 2.41. The van der Waals surface area contributed by atoms with Crippen LogP contribution in [0.1, 0.15) is 25.7 Å². The molecule has 3 rings (SSSR count). The van der Waals surface area contributed by atoms with Gasteiger partial charge in [-0.2, -0.15) is 17.0 Å². The Bertz CT molecular complexity index is 407. The Hall–Kier alpha value is -0.210. The van der Waals surface area contributed by atoms with Crippen LogP contribution in [0.15, 0.2) is 0 Å². The SMILES string of the molecule is O=S(=O)(N1CCC(CO)CC1)N1CC2CCC(C1)O2. The summed E-state index contributed by atoms with van der Waals surface area (Å²) in [5.74, 6) is 0.257. The lowest BCUT2D eigenvalue weighted by atomic mass is 10.00. The molecule has 0 aromatic rings. The molecule has 3 aliphatic rings. The van der Waals surface area contributed by atoms with Gasteiger partial charge in [0.1, 0.15) is 0 Å². The van der Waals surface area contributed by atoms with Crippen molar-refractivity contribution in [1.82, 2.24) is 8.61 Å². The van der Waals surface area contributed by atoms with E-state index in [1.165, 1.54) is 0 Å². The first-order chi connectivity index (χ1) is 9.09. The molecule has 0 aliphatic carbocycles. The fraction of sp³-hybridized carbons (Fsp3) is 1.00. The normalized spacial score (nSPS) is 34.8. The summed E-state index contributed by atoms with van der Waals surface area (Å²) < 4.78 is 34.0. The minimum Gasteiger partial charge on any atom is -0.396 e. The number of aliphatic hydroxyl groups is 1. The first kappa shape index (κ1) is 13.8. The summed E-state index contributed by atoms with van der Waals surface area (Å²) in [6.45, 7) is 2.22. The van der Waals surface area contributed by atoms with Crippen molar-refractivity contribution in [1.29, 1.82) is 0 Å². The maximum Gasteiger partial charge on any atom is 0.282 e. The Labute approximate surface area is 114 Å². The molecule has 0 aromatic heterocycles. The molecule has 2 atom stereocenters. The number of nitrogens with zero attached hydrogens (tertiary/aromatic N) is 2. The molecule has 0 amide bonds. The van der Waals surface area contributed by atoms with E-state index >= 15 is 0 Å². The van der Waals surface area contributed by atoms with Crippen molar-refractivity contribution in [3.05, 3.63) is 0 Å². The molecule has 0 spiro atoms. The molecule has 0 radical (unpaired) electrons. The van der Waals surface area contributed by atoms with Gasteiger partial charge < -0.3 is 9.84 Å². The number of hydrogen-bond acceptors (Lipinski definition) is 4. The maximum absolute atomic E-state index is 12.6. The third-order valence-corrected chi connectivity index (χ3v) is 6.46. The molecule has 7 heteroatoms. The van der Waals surface area contributed by atoms with E-state index in [1.807, 2.05) is 0 Å². The van der Waals surface area contributed by atoms with Crippen molar-refractivity contribution in [2.75, 3.05) is 32.8 Å². The quantitative estimate of drug-likeness (QED) is 0.781. The summed E-state index contributed by atoms with van der Waals surface area (Å²) in [6.07, 6.45) is 3.64. The summed E-state index contributed by atoms with van der Waals surface area (Å²) in [5, 5.41) is 9.11. The zero-order chi connectivity index (χ0) is 13.5. The largest absolute Gasteiger partial charge is 0.396 e. The van der Waals surface area contributed by atoms with E-state index in [0.717, 1.165) is 25.7 Å². The van der Waals surface area contributed by atoms with Gasteiger partial charge >= 0.3 is 0 Å². The van der Waals surface area contributed by atoms with Gasteiger partial charge in [-0.05, 0) is 31.6 Å². The first-order valence-electron chi connectivity index (χ1n) is 7.11. The number of piperidine rings is 1. The highest BCUT2D eigenvalue weighted by atomic mass is 32.2. The summed E-state index contributed by atoms with van der Waals surface area (Å²) in [6, 6.07) is 0. The Morgan fingerprint density at radius 2 is 1.58 bits per heavy atom. The number of rotatable bonds is 3. The van der Waals surface area contributed by atoms with E-state index in [-0.39, 0.29) is 24.7 Å². The predicted octanol–water partition coefficient (Wildman–Crippen LogP) is -0.201. The molecule has 2 bridgehead atoms. The molecule has 0 saturated carbocycles. The molecule has 110 valence electrons. The molecular formula is C12H22N2O4S. The maximum atomic E-state index is 12.6. The van der Waals surface area contributed by atoms with Gasteiger partial charge in [0.2, 0.25) is 0 Å². The van der Waals surface area contributed by atoms with Crippen LogP contribution >= 0.6 is 0 Å². The topological polar surface area (TPSA) is 70.1 Å². The van der Waals surface area contributed by atoms with E-state index < -0.39 is 10.2 Å². The van der Waals surface area contributed by atoms with Gasteiger partial charge in [-0.1, -0.05) is 0 Å². The van der Waals surface area contributed by atoms with Crippen molar-refractivity contribution in [3.63, 3.8) is 0 Å². The highest BCUT2D eigenvalue weighted by molar-refractivity contribution is 7.86. The van der Waals surface area contributed by atoms with Crippen molar-refractivity contribution in [3.8, 4) is 0 Å². The molecule has 1 N–H and O–H groups in total.